The lowest BCUT2D eigenvalue weighted by Gasteiger charge is -2.26. The van der Waals surface area contributed by atoms with Gasteiger partial charge in [0.2, 0.25) is 5.75 Å². The molecular formula is C20H20O6. The summed E-state index contributed by atoms with van der Waals surface area (Å²) in [7, 11) is 1.31. The number of methoxy groups -OCH3 is 1. The van der Waals surface area contributed by atoms with Crippen molar-refractivity contribution < 1.29 is 29.6 Å². The van der Waals surface area contributed by atoms with Gasteiger partial charge >= 0.3 is 0 Å². The zero-order valence-electron chi connectivity index (χ0n) is 15.2. The maximum Gasteiger partial charge on any atom is 0.202 e. The number of allylic oxidation sites excluding steroid dienone is 2. The third kappa shape index (κ3) is 1.69. The summed E-state index contributed by atoms with van der Waals surface area (Å²) in [6, 6.07) is 0. The number of hydrogen-bond donors (Lipinski definition) is 3. The Morgan fingerprint density at radius 3 is 2.35 bits per heavy atom. The summed E-state index contributed by atoms with van der Waals surface area (Å²) in [5.41, 5.74) is 1.18. The monoisotopic (exact) mass is 356 g/mol. The molecule has 2 aliphatic rings. The number of ketones is 1. The van der Waals surface area contributed by atoms with E-state index in [-0.39, 0.29) is 40.1 Å². The van der Waals surface area contributed by atoms with Crippen LogP contribution in [0, 0.1) is 0 Å². The highest BCUT2D eigenvalue weighted by atomic mass is 16.5. The fraction of sp³-hybridized carbons (Fsp3) is 0.350. The van der Waals surface area contributed by atoms with Crippen molar-refractivity contribution in [2.45, 2.75) is 39.2 Å². The minimum absolute atomic E-state index is 0.0245. The maximum absolute atomic E-state index is 12.7. The van der Waals surface area contributed by atoms with Crippen LogP contribution < -0.4 is 9.47 Å². The second kappa shape index (κ2) is 4.84. The quantitative estimate of drug-likeness (QED) is 0.675. The molecule has 1 unspecified atom stereocenters. The molecule has 0 saturated heterocycles. The normalized spacial score (nSPS) is 20.0. The Morgan fingerprint density at radius 1 is 1.08 bits per heavy atom. The van der Waals surface area contributed by atoms with E-state index in [2.05, 4.69) is 0 Å². The van der Waals surface area contributed by atoms with Gasteiger partial charge in [0.25, 0.3) is 0 Å². The number of aromatic hydroxyl groups is 3. The van der Waals surface area contributed by atoms with E-state index < -0.39 is 16.9 Å². The minimum Gasteiger partial charge on any atom is -0.507 e. The van der Waals surface area contributed by atoms with Crippen molar-refractivity contribution in [3.63, 3.8) is 0 Å². The molecule has 0 saturated carbocycles. The molecule has 6 heteroatoms. The van der Waals surface area contributed by atoms with Crippen LogP contribution >= 0.6 is 0 Å². The van der Waals surface area contributed by atoms with Crippen LogP contribution in [0.3, 0.4) is 0 Å². The molecule has 0 amide bonds. The zero-order valence-corrected chi connectivity index (χ0v) is 15.2. The van der Waals surface area contributed by atoms with Crippen LogP contribution in [-0.2, 0) is 5.41 Å². The van der Waals surface area contributed by atoms with Gasteiger partial charge in [-0.3, -0.25) is 4.79 Å². The van der Waals surface area contributed by atoms with Gasteiger partial charge in [0.1, 0.15) is 17.6 Å². The molecular weight excluding hydrogens is 336 g/mol. The molecule has 4 rings (SSSR count). The highest BCUT2D eigenvalue weighted by Gasteiger charge is 2.46. The predicted octanol–water partition coefficient (Wildman–Crippen LogP) is 3.62. The van der Waals surface area contributed by atoms with Gasteiger partial charge in [0.05, 0.1) is 18.1 Å². The second-order valence-corrected chi connectivity index (χ2v) is 7.46. The molecule has 3 N–H and O–H groups in total. The summed E-state index contributed by atoms with van der Waals surface area (Å²) in [5.74, 6) is -1.11. The molecule has 0 radical (unpaired) electrons. The minimum atomic E-state index is -0.520. The molecule has 1 aliphatic heterocycles. The third-order valence-corrected chi connectivity index (χ3v) is 5.73. The van der Waals surface area contributed by atoms with E-state index in [1.165, 1.54) is 13.2 Å². The highest BCUT2D eigenvalue weighted by Crippen LogP contribution is 2.60. The van der Waals surface area contributed by atoms with Gasteiger partial charge in [-0.15, -0.1) is 0 Å². The number of ether oxygens (including phenoxy) is 2. The molecule has 0 fully saturated rings. The Labute approximate surface area is 150 Å². The molecule has 0 bridgehead atoms. The second-order valence-electron chi connectivity index (χ2n) is 7.46. The van der Waals surface area contributed by atoms with Crippen LogP contribution in [0.1, 0.15) is 49.2 Å². The number of rotatable bonds is 1. The van der Waals surface area contributed by atoms with E-state index in [0.29, 0.717) is 22.1 Å². The number of benzene rings is 2. The fourth-order valence-corrected chi connectivity index (χ4v) is 4.05. The highest BCUT2D eigenvalue weighted by molar-refractivity contribution is 6.26. The van der Waals surface area contributed by atoms with E-state index in [9.17, 15) is 20.1 Å². The number of phenols is 3. The first-order valence-corrected chi connectivity index (χ1v) is 8.37. The molecule has 2 aromatic rings. The molecule has 26 heavy (non-hydrogen) atoms. The largest absolute Gasteiger partial charge is 0.507 e. The molecule has 6 nitrogen and oxygen atoms in total. The number of carbonyl (C=O) groups is 1. The van der Waals surface area contributed by atoms with Gasteiger partial charge in [0, 0.05) is 21.9 Å². The molecule has 1 heterocycles. The van der Waals surface area contributed by atoms with Crippen LogP contribution in [0.2, 0.25) is 0 Å². The van der Waals surface area contributed by atoms with Crippen LogP contribution in [-0.4, -0.2) is 34.3 Å². The Bertz CT molecular complexity index is 1040. The van der Waals surface area contributed by atoms with Crippen molar-refractivity contribution in [2.24, 2.45) is 0 Å². The summed E-state index contributed by atoms with van der Waals surface area (Å²) in [6.45, 7) is 7.48. The molecule has 0 aromatic heterocycles. The van der Waals surface area contributed by atoms with Gasteiger partial charge in [0.15, 0.2) is 17.3 Å². The van der Waals surface area contributed by atoms with E-state index >= 15 is 0 Å². The Morgan fingerprint density at radius 2 is 1.73 bits per heavy atom. The Hall–Kier alpha value is -2.89. The van der Waals surface area contributed by atoms with Crippen LogP contribution in [0.5, 0.6) is 28.7 Å². The summed E-state index contributed by atoms with van der Waals surface area (Å²) in [6.07, 6.45) is 1.13. The number of hydrogen-bond acceptors (Lipinski definition) is 6. The average molecular weight is 356 g/mol. The Balaban J connectivity index is 2.35. The predicted molar refractivity (Wildman–Crippen MR) is 96.6 cm³/mol. The van der Waals surface area contributed by atoms with Crippen molar-refractivity contribution >= 4 is 22.1 Å². The molecule has 0 spiro atoms. The summed E-state index contributed by atoms with van der Waals surface area (Å²) >= 11 is 0. The van der Waals surface area contributed by atoms with Crippen LogP contribution in [0.15, 0.2) is 6.08 Å². The number of carbonyl (C=O) groups excluding carboxylic acids is 1. The van der Waals surface area contributed by atoms with E-state index in [4.69, 9.17) is 9.47 Å². The first kappa shape index (κ1) is 16.6. The molecule has 2 aromatic carbocycles. The van der Waals surface area contributed by atoms with Crippen molar-refractivity contribution in [3.8, 4) is 28.7 Å². The third-order valence-electron chi connectivity index (χ3n) is 5.73. The van der Waals surface area contributed by atoms with Crippen LogP contribution in [0.4, 0.5) is 0 Å². The smallest absolute Gasteiger partial charge is 0.202 e. The van der Waals surface area contributed by atoms with Crippen LogP contribution in [0.25, 0.3) is 16.3 Å². The lowest BCUT2D eigenvalue weighted by molar-refractivity contribution is 0.104. The maximum atomic E-state index is 12.7. The fourth-order valence-electron chi connectivity index (χ4n) is 4.05. The molecule has 1 atom stereocenters. The van der Waals surface area contributed by atoms with E-state index in [0.717, 1.165) is 0 Å². The van der Waals surface area contributed by atoms with Crippen molar-refractivity contribution in [1.82, 2.24) is 0 Å². The van der Waals surface area contributed by atoms with Crippen molar-refractivity contribution in [2.75, 3.05) is 7.11 Å². The van der Waals surface area contributed by atoms with Gasteiger partial charge in [-0.1, -0.05) is 13.8 Å². The topological polar surface area (TPSA) is 96.2 Å². The van der Waals surface area contributed by atoms with E-state index in [1.807, 2.05) is 20.8 Å². The average Bonchev–Trinajstić information content (AvgIpc) is 2.79. The summed E-state index contributed by atoms with van der Waals surface area (Å²) in [5, 5.41) is 32.8. The van der Waals surface area contributed by atoms with E-state index in [1.54, 1.807) is 6.92 Å². The number of fused-ring (bicyclic) bond motifs is 2. The standard InChI is InChI=1S/C20H20O6/c1-7-6-9(21)11-12-10(7)15(22)14-18(26-8(2)20(14,3)4)13(12)16(23)17(24)19(11)25-5/h6,8,22-24H,1-5H3. The molecule has 1 aliphatic carbocycles. The lowest BCUT2D eigenvalue weighted by atomic mass is 9.76. The lowest BCUT2D eigenvalue weighted by Crippen LogP contribution is -2.29. The van der Waals surface area contributed by atoms with Gasteiger partial charge in [-0.2, -0.15) is 0 Å². The first-order valence-electron chi connectivity index (χ1n) is 8.37. The summed E-state index contributed by atoms with van der Waals surface area (Å²) in [4.78, 5) is 12.7. The van der Waals surface area contributed by atoms with Gasteiger partial charge in [-0.05, 0) is 25.5 Å². The number of phenolic OH excluding ortho intramolecular Hbond substituents is 3. The molecule has 136 valence electrons. The zero-order chi connectivity index (χ0) is 19.1. The summed E-state index contributed by atoms with van der Waals surface area (Å²) < 4.78 is 11.2. The van der Waals surface area contributed by atoms with Crippen molar-refractivity contribution in [3.05, 3.63) is 22.8 Å². The van der Waals surface area contributed by atoms with Gasteiger partial charge in [-0.25, -0.2) is 0 Å². The SMILES string of the molecule is COc1c(O)c(O)c2c3c(c(O)c4c2c1C(=O)C=C4C)C(C)(C)C(C)O3. The first-order chi connectivity index (χ1) is 12.1. The van der Waals surface area contributed by atoms with Crippen molar-refractivity contribution in [1.29, 1.82) is 0 Å². The Kier molecular flexibility index (Phi) is 3.09. The van der Waals surface area contributed by atoms with Gasteiger partial charge < -0.3 is 24.8 Å².